The third kappa shape index (κ3) is 8.42. The zero-order valence-electron chi connectivity index (χ0n) is 30.4. The van der Waals surface area contributed by atoms with Crippen molar-refractivity contribution < 1.29 is 23.9 Å². The van der Waals surface area contributed by atoms with Gasteiger partial charge in [-0.3, -0.25) is 14.7 Å². The Balaban J connectivity index is 1.06. The highest BCUT2D eigenvalue weighted by molar-refractivity contribution is 5.85. The van der Waals surface area contributed by atoms with E-state index in [0.717, 1.165) is 49.0 Å². The number of carbonyl (C=O) groups excluding carboxylic acids is 3. The van der Waals surface area contributed by atoms with Gasteiger partial charge in [0.2, 0.25) is 5.91 Å². The largest absolute Gasteiger partial charge is 0.478 e. The van der Waals surface area contributed by atoms with Crippen LogP contribution in [0.4, 0.5) is 10.5 Å². The number of hydrogen-bond acceptors (Lipinski definition) is 7. The van der Waals surface area contributed by atoms with Crippen molar-refractivity contribution in [1.82, 2.24) is 24.9 Å². The third-order valence-electron chi connectivity index (χ3n) is 9.85. The SMILES string of the molecule is Cc1cc(-c2cn[nH]c2)ccc1CN(C(=O)[C@@H]1CCCN(c2cccc(OC(C)(C)C(=O)N3CCN(C(=O)OC(C)(C)C)CC3)c2)C1)C1CC1. The number of amides is 3. The molecular formula is C39H52N6O5. The number of H-pyrrole nitrogens is 1. The van der Waals surface area contributed by atoms with E-state index in [4.69, 9.17) is 9.47 Å². The van der Waals surface area contributed by atoms with E-state index in [9.17, 15) is 14.4 Å². The molecule has 0 unspecified atom stereocenters. The van der Waals surface area contributed by atoms with Crippen LogP contribution in [0.5, 0.6) is 5.75 Å². The molecule has 3 fully saturated rings. The lowest BCUT2D eigenvalue weighted by atomic mass is 9.95. The number of aryl methyl sites for hydroxylation is 1. The molecule has 2 saturated heterocycles. The topological polar surface area (TPSA) is 111 Å². The predicted molar refractivity (Wildman–Crippen MR) is 193 cm³/mol. The number of rotatable bonds is 9. The number of piperazine rings is 1. The molecule has 3 aliphatic rings. The molecule has 0 radical (unpaired) electrons. The number of anilines is 1. The minimum Gasteiger partial charge on any atom is -0.478 e. The van der Waals surface area contributed by atoms with Crippen molar-refractivity contribution in [2.24, 2.45) is 5.92 Å². The van der Waals surface area contributed by atoms with E-state index in [2.05, 4.69) is 45.1 Å². The Bertz CT molecular complexity index is 1670. The van der Waals surface area contributed by atoms with Crippen molar-refractivity contribution in [3.63, 3.8) is 0 Å². The number of piperidine rings is 1. The van der Waals surface area contributed by atoms with Gasteiger partial charge in [-0.25, -0.2) is 4.79 Å². The van der Waals surface area contributed by atoms with Gasteiger partial charge in [-0.05, 0) is 96.0 Å². The van der Waals surface area contributed by atoms with Gasteiger partial charge in [0.25, 0.3) is 5.91 Å². The average molecular weight is 685 g/mol. The molecule has 1 aromatic heterocycles. The number of nitrogens with zero attached hydrogens (tertiary/aromatic N) is 5. The maximum absolute atomic E-state index is 14.1. The Kier molecular flexibility index (Phi) is 10.1. The normalized spacial score (nSPS) is 18.5. The number of nitrogens with one attached hydrogen (secondary N) is 1. The molecule has 268 valence electrons. The van der Waals surface area contributed by atoms with Gasteiger partial charge in [-0.15, -0.1) is 0 Å². The van der Waals surface area contributed by atoms with Crippen molar-refractivity contribution in [1.29, 1.82) is 0 Å². The van der Waals surface area contributed by atoms with Gasteiger partial charge in [-0.1, -0.05) is 24.3 Å². The van der Waals surface area contributed by atoms with E-state index < -0.39 is 11.2 Å². The molecule has 11 heteroatoms. The summed E-state index contributed by atoms with van der Waals surface area (Å²) >= 11 is 0. The van der Waals surface area contributed by atoms with Gasteiger partial charge in [0, 0.05) is 75.4 Å². The van der Waals surface area contributed by atoms with Crippen LogP contribution in [0.2, 0.25) is 0 Å². The molecule has 6 rings (SSSR count). The molecule has 2 aromatic carbocycles. The summed E-state index contributed by atoms with van der Waals surface area (Å²) in [6.07, 6.45) is 7.27. The highest BCUT2D eigenvalue weighted by Gasteiger charge is 2.39. The summed E-state index contributed by atoms with van der Waals surface area (Å²) in [4.78, 5) is 48.0. The van der Waals surface area contributed by atoms with Gasteiger partial charge in [-0.2, -0.15) is 5.10 Å². The quantitative estimate of drug-likeness (QED) is 0.293. The minimum atomic E-state index is -1.10. The van der Waals surface area contributed by atoms with Crippen molar-refractivity contribution in [2.45, 2.75) is 91.0 Å². The summed E-state index contributed by atoms with van der Waals surface area (Å²) in [5.41, 5.74) is 3.84. The van der Waals surface area contributed by atoms with E-state index in [1.807, 2.05) is 57.4 Å². The van der Waals surface area contributed by atoms with Crippen LogP contribution in [-0.2, 0) is 20.9 Å². The lowest BCUT2D eigenvalue weighted by Crippen LogP contribution is -2.57. The molecule has 3 aromatic rings. The van der Waals surface area contributed by atoms with Crippen molar-refractivity contribution in [2.75, 3.05) is 44.2 Å². The standard InChI is InChI=1S/C39H52N6O5/c1-27-21-28(31-23-40-41-24-31)12-13-29(27)26-45(32-14-15-32)35(46)30-9-8-16-44(25-30)33-10-7-11-34(22-33)49-39(5,6)36(47)42-17-19-43(20-18-42)37(48)50-38(2,3)4/h7,10-13,21-24,30,32H,8-9,14-20,25-26H2,1-6H3,(H,40,41)/t30-/m1/s1. The molecule has 1 saturated carbocycles. The maximum atomic E-state index is 14.1. The van der Waals surface area contributed by atoms with Crippen molar-refractivity contribution in [3.05, 3.63) is 66.0 Å². The van der Waals surface area contributed by atoms with Crippen LogP contribution in [0, 0.1) is 12.8 Å². The monoisotopic (exact) mass is 684 g/mol. The molecule has 1 aliphatic carbocycles. The van der Waals surface area contributed by atoms with Crippen LogP contribution < -0.4 is 9.64 Å². The Morgan fingerprint density at radius 3 is 2.32 bits per heavy atom. The van der Waals surface area contributed by atoms with E-state index >= 15 is 0 Å². The second-order valence-electron chi connectivity index (χ2n) is 15.5. The van der Waals surface area contributed by atoms with Gasteiger partial charge in [0.15, 0.2) is 5.60 Å². The summed E-state index contributed by atoms with van der Waals surface area (Å²) in [6, 6.07) is 14.6. The smallest absolute Gasteiger partial charge is 0.410 e. The number of ether oxygens (including phenoxy) is 2. The Morgan fingerprint density at radius 1 is 0.920 bits per heavy atom. The second kappa shape index (κ2) is 14.4. The van der Waals surface area contributed by atoms with E-state index in [0.29, 0.717) is 51.1 Å². The molecule has 2 aliphatic heterocycles. The molecule has 50 heavy (non-hydrogen) atoms. The maximum Gasteiger partial charge on any atom is 0.410 e. The van der Waals surface area contributed by atoms with Gasteiger partial charge in [0.1, 0.15) is 11.4 Å². The summed E-state index contributed by atoms with van der Waals surface area (Å²) in [6.45, 7) is 15.0. The Hall–Kier alpha value is -4.54. The first-order valence-corrected chi connectivity index (χ1v) is 18.0. The third-order valence-corrected chi connectivity index (χ3v) is 9.85. The van der Waals surface area contributed by atoms with Gasteiger partial charge >= 0.3 is 6.09 Å². The lowest BCUT2D eigenvalue weighted by Gasteiger charge is -2.39. The first-order valence-electron chi connectivity index (χ1n) is 18.0. The van der Waals surface area contributed by atoms with Crippen LogP contribution in [-0.4, -0.2) is 99.3 Å². The molecule has 3 amide bonds. The number of aromatic nitrogens is 2. The zero-order valence-corrected chi connectivity index (χ0v) is 30.4. The first kappa shape index (κ1) is 35.3. The van der Waals surface area contributed by atoms with Crippen LogP contribution >= 0.6 is 0 Å². The predicted octanol–water partition coefficient (Wildman–Crippen LogP) is 6.03. The Labute approximate surface area is 295 Å². The zero-order chi connectivity index (χ0) is 35.6. The van der Waals surface area contributed by atoms with Gasteiger partial charge < -0.3 is 29.1 Å². The Morgan fingerprint density at radius 2 is 1.66 bits per heavy atom. The lowest BCUT2D eigenvalue weighted by molar-refractivity contribution is -0.147. The second-order valence-corrected chi connectivity index (χ2v) is 15.5. The van der Waals surface area contributed by atoms with Crippen molar-refractivity contribution in [3.8, 4) is 16.9 Å². The minimum absolute atomic E-state index is 0.0863. The molecule has 0 spiro atoms. The fourth-order valence-electron chi connectivity index (χ4n) is 6.95. The van der Waals surface area contributed by atoms with E-state index in [-0.39, 0.29) is 23.8 Å². The molecule has 3 heterocycles. The summed E-state index contributed by atoms with van der Waals surface area (Å²) < 4.78 is 11.8. The van der Waals surface area contributed by atoms with Crippen LogP contribution in [0.1, 0.15) is 71.4 Å². The number of aromatic amines is 1. The number of benzene rings is 2. The molecule has 1 atom stereocenters. The highest BCUT2D eigenvalue weighted by Crippen LogP contribution is 2.34. The van der Waals surface area contributed by atoms with Crippen LogP contribution in [0.3, 0.4) is 0 Å². The molecule has 0 bridgehead atoms. The molecule has 1 N–H and O–H groups in total. The van der Waals surface area contributed by atoms with Crippen LogP contribution in [0.25, 0.3) is 11.1 Å². The summed E-state index contributed by atoms with van der Waals surface area (Å²) in [5.74, 6) is 0.635. The molecular weight excluding hydrogens is 632 g/mol. The fourth-order valence-corrected chi connectivity index (χ4v) is 6.95. The van der Waals surface area contributed by atoms with E-state index in [1.165, 1.54) is 11.1 Å². The highest BCUT2D eigenvalue weighted by atomic mass is 16.6. The number of carbonyl (C=O) groups is 3. The summed E-state index contributed by atoms with van der Waals surface area (Å²) in [7, 11) is 0. The first-order chi connectivity index (χ1) is 23.8. The fraction of sp³-hybridized carbons (Fsp3) is 0.538. The average Bonchev–Trinajstić information content (AvgIpc) is 3.78. The molecule has 11 nitrogen and oxygen atoms in total. The van der Waals surface area contributed by atoms with Crippen LogP contribution in [0.15, 0.2) is 54.9 Å². The van der Waals surface area contributed by atoms with Gasteiger partial charge in [0.05, 0.1) is 12.1 Å². The summed E-state index contributed by atoms with van der Waals surface area (Å²) in [5, 5.41) is 6.96. The number of hydrogen-bond donors (Lipinski definition) is 1. The van der Waals surface area contributed by atoms with Crippen molar-refractivity contribution >= 4 is 23.6 Å². The van der Waals surface area contributed by atoms with E-state index in [1.54, 1.807) is 23.6 Å².